The van der Waals surface area contributed by atoms with Crippen molar-refractivity contribution in [1.82, 2.24) is 20.0 Å². The molecule has 1 fully saturated rings. The van der Waals surface area contributed by atoms with E-state index in [0.29, 0.717) is 31.8 Å². The highest BCUT2D eigenvalue weighted by Crippen LogP contribution is 2.31. The van der Waals surface area contributed by atoms with E-state index in [1.54, 1.807) is 9.58 Å². The Hall–Kier alpha value is -2.67. The van der Waals surface area contributed by atoms with Crippen LogP contribution in [0, 0.1) is 0 Å². The molecule has 0 radical (unpaired) electrons. The van der Waals surface area contributed by atoms with Crippen LogP contribution < -0.4 is 5.32 Å². The van der Waals surface area contributed by atoms with Crippen molar-refractivity contribution in [2.75, 3.05) is 13.2 Å². The van der Waals surface area contributed by atoms with Crippen LogP contribution in [0.3, 0.4) is 0 Å². The summed E-state index contributed by atoms with van der Waals surface area (Å²) in [6.07, 6.45) is 8.52. The molecule has 2 heterocycles. The Labute approximate surface area is 215 Å². The highest BCUT2D eigenvalue weighted by atomic mass is 16.5. The van der Waals surface area contributed by atoms with Crippen molar-refractivity contribution in [3.05, 3.63) is 41.6 Å². The molecule has 2 aliphatic rings. The predicted molar refractivity (Wildman–Crippen MR) is 142 cm³/mol. The molecule has 0 bridgehead atoms. The Balaban J connectivity index is 1.60. The van der Waals surface area contributed by atoms with Crippen LogP contribution in [0.15, 0.2) is 30.3 Å². The maximum absolute atomic E-state index is 13.8. The largest absolute Gasteiger partial charge is 0.379 e. The van der Waals surface area contributed by atoms with Crippen LogP contribution in [0.2, 0.25) is 0 Å². The SMILES string of the molecule is CCc1ccc(-c2cc3n(n2)CC(C)(C(=O)NC2CCCCCC2)N(CCCOC(C)C)C3=O)cc1. The second-order valence-corrected chi connectivity index (χ2v) is 10.8. The number of benzene rings is 1. The molecule has 1 aliphatic heterocycles. The summed E-state index contributed by atoms with van der Waals surface area (Å²) in [5, 5.41) is 8.09. The summed E-state index contributed by atoms with van der Waals surface area (Å²) in [6, 6.07) is 10.3. The van der Waals surface area contributed by atoms with E-state index in [-0.39, 0.29) is 24.0 Å². The summed E-state index contributed by atoms with van der Waals surface area (Å²) >= 11 is 0. The summed E-state index contributed by atoms with van der Waals surface area (Å²) in [7, 11) is 0. The van der Waals surface area contributed by atoms with Crippen LogP contribution >= 0.6 is 0 Å². The third-order valence-electron chi connectivity index (χ3n) is 7.61. The fourth-order valence-corrected chi connectivity index (χ4v) is 5.35. The van der Waals surface area contributed by atoms with Crippen molar-refractivity contribution in [3.63, 3.8) is 0 Å². The van der Waals surface area contributed by atoms with E-state index >= 15 is 0 Å². The molecule has 1 aliphatic carbocycles. The summed E-state index contributed by atoms with van der Waals surface area (Å²) in [5.41, 5.74) is 2.52. The minimum absolute atomic E-state index is 0.0810. The summed E-state index contributed by atoms with van der Waals surface area (Å²) in [6.45, 7) is 9.38. The number of carbonyl (C=O) groups is 2. The van der Waals surface area contributed by atoms with Gasteiger partial charge in [-0.25, -0.2) is 0 Å². The van der Waals surface area contributed by atoms with Gasteiger partial charge in [0.1, 0.15) is 11.2 Å². The zero-order chi connectivity index (χ0) is 25.7. The zero-order valence-electron chi connectivity index (χ0n) is 22.4. The van der Waals surface area contributed by atoms with Crippen LogP contribution in [0.5, 0.6) is 0 Å². The Morgan fingerprint density at radius 3 is 2.50 bits per heavy atom. The average Bonchev–Trinajstić information content (AvgIpc) is 3.11. The molecule has 1 aromatic heterocycles. The first-order chi connectivity index (χ1) is 17.3. The number of amides is 2. The summed E-state index contributed by atoms with van der Waals surface area (Å²) in [5.74, 6) is -0.226. The lowest BCUT2D eigenvalue weighted by atomic mass is 9.93. The van der Waals surface area contributed by atoms with Gasteiger partial charge in [0.2, 0.25) is 5.91 Å². The lowest BCUT2D eigenvalue weighted by molar-refractivity contribution is -0.134. The summed E-state index contributed by atoms with van der Waals surface area (Å²) < 4.78 is 7.46. The van der Waals surface area contributed by atoms with Gasteiger partial charge in [-0.1, -0.05) is 56.9 Å². The molecule has 0 spiro atoms. The molecule has 1 atom stereocenters. The van der Waals surface area contributed by atoms with E-state index < -0.39 is 5.54 Å². The second-order valence-electron chi connectivity index (χ2n) is 10.8. The number of hydrogen-bond donors (Lipinski definition) is 1. The first-order valence-corrected chi connectivity index (χ1v) is 13.7. The number of ether oxygens (including phenoxy) is 1. The highest BCUT2D eigenvalue weighted by Gasteiger charge is 2.48. The molecule has 1 saturated carbocycles. The molecular weight excluding hydrogens is 452 g/mol. The maximum atomic E-state index is 13.8. The van der Waals surface area contributed by atoms with Crippen molar-refractivity contribution >= 4 is 11.8 Å². The number of aryl methyl sites for hydroxylation is 1. The minimum atomic E-state index is -1.01. The van der Waals surface area contributed by atoms with E-state index in [0.717, 1.165) is 43.4 Å². The number of nitrogens with one attached hydrogen (secondary N) is 1. The quantitative estimate of drug-likeness (QED) is 0.394. The van der Waals surface area contributed by atoms with Gasteiger partial charge in [-0.3, -0.25) is 14.3 Å². The van der Waals surface area contributed by atoms with Gasteiger partial charge in [-0.05, 0) is 58.1 Å². The van der Waals surface area contributed by atoms with Gasteiger partial charge < -0.3 is 15.0 Å². The van der Waals surface area contributed by atoms with Crippen LogP contribution in [0.4, 0.5) is 0 Å². The lowest BCUT2D eigenvalue weighted by Gasteiger charge is -2.44. The van der Waals surface area contributed by atoms with Crippen molar-refractivity contribution in [2.24, 2.45) is 0 Å². The molecule has 2 aromatic rings. The third kappa shape index (κ3) is 5.83. The Kier molecular flexibility index (Phi) is 8.50. The van der Waals surface area contributed by atoms with E-state index in [1.807, 2.05) is 26.8 Å². The van der Waals surface area contributed by atoms with Crippen LogP contribution in [0.1, 0.15) is 88.7 Å². The predicted octanol–water partition coefficient (Wildman–Crippen LogP) is 4.98. The minimum Gasteiger partial charge on any atom is -0.379 e. The molecule has 36 heavy (non-hydrogen) atoms. The van der Waals surface area contributed by atoms with Crippen molar-refractivity contribution in [1.29, 1.82) is 0 Å². The normalized spacial score (nSPS) is 20.9. The van der Waals surface area contributed by atoms with E-state index in [9.17, 15) is 9.59 Å². The molecule has 1 N–H and O–H groups in total. The van der Waals surface area contributed by atoms with Crippen molar-refractivity contribution in [2.45, 2.75) is 103 Å². The topological polar surface area (TPSA) is 76.5 Å². The van der Waals surface area contributed by atoms with Gasteiger partial charge in [0.25, 0.3) is 5.91 Å². The molecule has 2 amide bonds. The maximum Gasteiger partial charge on any atom is 0.273 e. The monoisotopic (exact) mass is 494 g/mol. The number of carbonyl (C=O) groups excluding carboxylic acids is 2. The Morgan fingerprint density at radius 1 is 1.17 bits per heavy atom. The van der Waals surface area contributed by atoms with E-state index in [4.69, 9.17) is 9.84 Å². The van der Waals surface area contributed by atoms with E-state index in [2.05, 4.69) is 36.5 Å². The number of nitrogens with zero attached hydrogens (tertiary/aromatic N) is 3. The molecule has 1 unspecified atom stereocenters. The Morgan fingerprint density at radius 2 is 1.86 bits per heavy atom. The van der Waals surface area contributed by atoms with Crippen molar-refractivity contribution in [3.8, 4) is 11.3 Å². The number of rotatable bonds is 9. The molecule has 7 nitrogen and oxygen atoms in total. The third-order valence-corrected chi connectivity index (χ3v) is 7.61. The highest BCUT2D eigenvalue weighted by molar-refractivity contribution is 6.00. The first kappa shape index (κ1) is 26.4. The standard InChI is InChI=1S/C29H42N4O3/c1-5-22-13-15-23(16-14-22)25-19-26-27(34)32(17-10-18-36-21(2)3)29(4,20-33(26)31-25)28(35)30-24-11-8-6-7-9-12-24/h13-16,19,21,24H,5-12,17-18,20H2,1-4H3,(H,30,35). The number of hydrogen-bond acceptors (Lipinski definition) is 4. The summed E-state index contributed by atoms with van der Waals surface area (Å²) in [4.78, 5) is 29.3. The van der Waals surface area contributed by atoms with Gasteiger partial charge in [0, 0.05) is 24.8 Å². The van der Waals surface area contributed by atoms with Gasteiger partial charge >= 0.3 is 0 Å². The van der Waals surface area contributed by atoms with E-state index in [1.165, 1.54) is 18.4 Å². The first-order valence-electron chi connectivity index (χ1n) is 13.7. The molecule has 0 saturated heterocycles. The second kappa shape index (κ2) is 11.6. The molecule has 7 heteroatoms. The lowest BCUT2D eigenvalue weighted by Crippen LogP contribution is -2.65. The molecule has 1 aromatic carbocycles. The van der Waals surface area contributed by atoms with Gasteiger partial charge in [-0.2, -0.15) is 5.10 Å². The fraction of sp³-hybridized carbons (Fsp3) is 0.621. The number of fused-ring (bicyclic) bond motifs is 1. The van der Waals surface area contributed by atoms with Gasteiger partial charge in [0.05, 0.1) is 18.3 Å². The van der Waals surface area contributed by atoms with Crippen LogP contribution in [-0.4, -0.2) is 57.3 Å². The zero-order valence-corrected chi connectivity index (χ0v) is 22.4. The fourth-order valence-electron chi connectivity index (χ4n) is 5.35. The molecular formula is C29H42N4O3. The Bertz CT molecular complexity index is 1040. The van der Waals surface area contributed by atoms with Crippen molar-refractivity contribution < 1.29 is 14.3 Å². The molecule has 196 valence electrons. The van der Waals surface area contributed by atoms with Gasteiger partial charge in [0.15, 0.2) is 0 Å². The average molecular weight is 495 g/mol. The molecule has 4 rings (SSSR count). The smallest absolute Gasteiger partial charge is 0.273 e. The van der Waals surface area contributed by atoms with Gasteiger partial charge in [-0.15, -0.1) is 0 Å². The van der Waals surface area contributed by atoms with Crippen LogP contribution in [-0.2, 0) is 22.5 Å². The number of aromatic nitrogens is 2. The van der Waals surface area contributed by atoms with Crippen LogP contribution in [0.25, 0.3) is 11.3 Å².